The SMILES string of the molecule is CCOc1ccc(/C=C(\C#N)C(=O)N(c2ccc(OC)cc2)S(=O)(=O)c2ccc(Cl)cc2)cc1OC. The predicted octanol–water partition coefficient (Wildman–Crippen LogP) is 5.08. The van der Waals surface area contributed by atoms with Gasteiger partial charge in [0.25, 0.3) is 15.9 Å². The highest BCUT2D eigenvalue weighted by Crippen LogP contribution is 2.31. The van der Waals surface area contributed by atoms with Crippen molar-refractivity contribution < 1.29 is 27.4 Å². The first kappa shape index (κ1) is 26.6. The average Bonchev–Trinajstić information content (AvgIpc) is 2.88. The van der Waals surface area contributed by atoms with E-state index in [0.29, 0.717) is 38.7 Å². The first-order valence-corrected chi connectivity index (χ1v) is 12.5. The summed E-state index contributed by atoms with van der Waals surface area (Å²) in [7, 11) is -1.49. The predicted molar refractivity (Wildman–Crippen MR) is 137 cm³/mol. The molecule has 186 valence electrons. The lowest BCUT2D eigenvalue weighted by molar-refractivity contribution is -0.113. The van der Waals surface area contributed by atoms with Gasteiger partial charge in [-0.05, 0) is 79.2 Å². The Morgan fingerprint density at radius 3 is 2.22 bits per heavy atom. The highest BCUT2D eigenvalue weighted by atomic mass is 35.5. The highest BCUT2D eigenvalue weighted by molar-refractivity contribution is 7.93. The summed E-state index contributed by atoms with van der Waals surface area (Å²) < 4.78 is 43.7. The number of sulfonamides is 1. The molecule has 36 heavy (non-hydrogen) atoms. The molecule has 0 aliphatic rings. The topological polar surface area (TPSA) is 106 Å². The molecule has 0 radical (unpaired) electrons. The van der Waals surface area contributed by atoms with E-state index in [4.69, 9.17) is 25.8 Å². The fourth-order valence-corrected chi connectivity index (χ4v) is 4.79. The number of benzene rings is 3. The van der Waals surface area contributed by atoms with Crippen LogP contribution in [-0.4, -0.2) is 35.2 Å². The Kier molecular flexibility index (Phi) is 8.59. The summed E-state index contributed by atoms with van der Waals surface area (Å²) >= 11 is 5.91. The van der Waals surface area contributed by atoms with E-state index in [1.54, 1.807) is 18.2 Å². The van der Waals surface area contributed by atoms with Gasteiger partial charge in [0.05, 0.1) is 31.4 Å². The normalized spacial score (nSPS) is 11.4. The van der Waals surface area contributed by atoms with Gasteiger partial charge in [0.15, 0.2) is 11.5 Å². The van der Waals surface area contributed by atoms with Gasteiger partial charge in [0.1, 0.15) is 17.4 Å². The van der Waals surface area contributed by atoms with Crippen LogP contribution in [0.2, 0.25) is 5.02 Å². The number of ether oxygens (including phenoxy) is 3. The molecule has 0 unspecified atom stereocenters. The molecule has 0 aromatic heterocycles. The van der Waals surface area contributed by atoms with E-state index in [-0.39, 0.29) is 10.6 Å². The van der Waals surface area contributed by atoms with Crippen LogP contribution in [0.5, 0.6) is 17.2 Å². The van der Waals surface area contributed by atoms with Gasteiger partial charge in [-0.1, -0.05) is 17.7 Å². The molecule has 0 atom stereocenters. The molecular formula is C26H23ClN2O6S. The fraction of sp³-hybridized carbons (Fsp3) is 0.154. The zero-order valence-electron chi connectivity index (χ0n) is 19.8. The molecule has 0 bridgehead atoms. The van der Waals surface area contributed by atoms with Crippen LogP contribution in [0.3, 0.4) is 0 Å². The zero-order chi connectivity index (χ0) is 26.3. The van der Waals surface area contributed by atoms with Gasteiger partial charge in [0, 0.05) is 5.02 Å². The summed E-state index contributed by atoms with van der Waals surface area (Å²) in [4.78, 5) is 13.4. The lowest BCUT2D eigenvalue weighted by Gasteiger charge is -2.22. The van der Waals surface area contributed by atoms with E-state index in [2.05, 4.69) is 0 Å². The van der Waals surface area contributed by atoms with Crippen LogP contribution in [-0.2, 0) is 14.8 Å². The smallest absolute Gasteiger partial charge is 0.282 e. The number of carbonyl (C=O) groups is 1. The van der Waals surface area contributed by atoms with E-state index >= 15 is 0 Å². The summed E-state index contributed by atoms with van der Waals surface area (Å²) in [6, 6.07) is 17.9. The van der Waals surface area contributed by atoms with Gasteiger partial charge >= 0.3 is 0 Å². The van der Waals surface area contributed by atoms with E-state index in [1.807, 2.05) is 13.0 Å². The van der Waals surface area contributed by atoms with Crippen molar-refractivity contribution in [2.24, 2.45) is 0 Å². The lowest BCUT2D eigenvalue weighted by atomic mass is 10.1. The molecule has 1 amide bonds. The zero-order valence-corrected chi connectivity index (χ0v) is 21.3. The molecule has 0 spiro atoms. The molecule has 0 aliphatic carbocycles. The molecule has 0 fully saturated rings. The molecule has 0 aliphatic heterocycles. The second-order valence-electron chi connectivity index (χ2n) is 7.24. The minimum Gasteiger partial charge on any atom is -0.497 e. The van der Waals surface area contributed by atoms with Crippen LogP contribution in [0.15, 0.2) is 77.2 Å². The second kappa shape index (κ2) is 11.6. The number of amides is 1. The monoisotopic (exact) mass is 526 g/mol. The van der Waals surface area contributed by atoms with Crippen molar-refractivity contribution >= 4 is 39.3 Å². The fourth-order valence-electron chi connectivity index (χ4n) is 3.26. The van der Waals surface area contributed by atoms with Gasteiger partial charge in [-0.2, -0.15) is 9.57 Å². The van der Waals surface area contributed by atoms with Crippen molar-refractivity contribution in [1.82, 2.24) is 0 Å². The van der Waals surface area contributed by atoms with Crippen LogP contribution in [0.1, 0.15) is 12.5 Å². The standard InChI is InChI=1S/C26H23ClN2O6S/c1-4-35-24-14-5-18(16-25(24)34-3)15-19(17-28)26(30)29(21-8-10-22(33-2)11-9-21)36(31,32)23-12-6-20(27)7-13-23/h5-16H,4H2,1-3H3/b19-15+. The Balaban J connectivity index is 2.12. The Morgan fingerprint density at radius 2 is 1.67 bits per heavy atom. The third-order valence-electron chi connectivity index (χ3n) is 4.99. The number of hydrogen-bond acceptors (Lipinski definition) is 7. The number of rotatable bonds is 9. The average molecular weight is 527 g/mol. The van der Waals surface area contributed by atoms with Crippen molar-refractivity contribution in [3.63, 3.8) is 0 Å². The Morgan fingerprint density at radius 1 is 1.00 bits per heavy atom. The summed E-state index contributed by atoms with van der Waals surface area (Å²) in [6.07, 6.45) is 1.29. The van der Waals surface area contributed by atoms with Crippen LogP contribution < -0.4 is 18.5 Å². The van der Waals surface area contributed by atoms with Crippen molar-refractivity contribution in [3.05, 3.63) is 82.9 Å². The van der Waals surface area contributed by atoms with E-state index in [1.165, 1.54) is 68.8 Å². The number of carbonyl (C=O) groups excluding carboxylic acids is 1. The van der Waals surface area contributed by atoms with Gasteiger partial charge in [0.2, 0.25) is 0 Å². The second-order valence-corrected chi connectivity index (χ2v) is 9.46. The number of nitrogens with zero attached hydrogens (tertiary/aromatic N) is 2. The van der Waals surface area contributed by atoms with Crippen molar-refractivity contribution in [1.29, 1.82) is 5.26 Å². The molecule has 0 saturated heterocycles. The molecule has 0 N–H and O–H groups in total. The van der Waals surface area contributed by atoms with Gasteiger partial charge < -0.3 is 14.2 Å². The van der Waals surface area contributed by atoms with Crippen LogP contribution >= 0.6 is 11.6 Å². The summed E-state index contributed by atoms with van der Waals surface area (Å²) in [5, 5.41) is 10.2. The Hall–Kier alpha value is -4.00. The molecule has 3 rings (SSSR count). The van der Waals surface area contributed by atoms with E-state index in [9.17, 15) is 18.5 Å². The molecule has 10 heteroatoms. The molecule has 3 aromatic rings. The van der Waals surface area contributed by atoms with E-state index in [0.717, 1.165) is 0 Å². The third kappa shape index (κ3) is 5.79. The van der Waals surface area contributed by atoms with Crippen molar-refractivity contribution in [2.75, 3.05) is 25.1 Å². The van der Waals surface area contributed by atoms with Crippen molar-refractivity contribution in [3.8, 4) is 23.3 Å². The molecule has 8 nitrogen and oxygen atoms in total. The number of anilines is 1. The largest absolute Gasteiger partial charge is 0.497 e. The van der Waals surface area contributed by atoms with E-state index < -0.39 is 21.5 Å². The Labute approximate surface area is 214 Å². The highest BCUT2D eigenvalue weighted by Gasteiger charge is 2.33. The lowest BCUT2D eigenvalue weighted by Crippen LogP contribution is -2.37. The van der Waals surface area contributed by atoms with Gasteiger partial charge in [-0.25, -0.2) is 8.42 Å². The summed E-state index contributed by atoms with van der Waals surface area (Å²) in [5.74, 6) is 0.321. The minimum atomic E-state index is -4.42. The number of methoxy groups -OCH3 is 2. The maximum absolute atomic E-state index is 13.6. The van der Waals surface area contributed by atoms with Crippen molar-refractivity contribution in [2.45, 2.75) is 11.8 Å². The minimum absolute atomic E-state index is 0.0289. The summed E-state index contributed by atoms with van der Waals surface area (Å²) in [6.45, 7) is 2.25. The van der Waals surface area contributed by atoms with Crippen LogP contribution in [0, 0.1) is 11.3 Å². The number of nitriles is 1. The number of hydrogen-bond donors (Lipinski definition) is 0. The molecule has 3 aromatic carbocycles. The third-order valence-corrected chi connectivity index (χ3v) is 6.97. The molecule has 0 saturated carbocycles. The molecular weight excluding hydrogens is 504 g/mol. The first-order valence-electron chi connectivity index (χ1n) is 10.7. The quantitative estimate of drug-likeness (QED) is 0.282. The first-order chi connectivity index (χ1) is 17.2. The maximum Gasteiger partial charge on any atom is 0.282 e. The maximum atomic E-state index is 13.6. The van der Waals surface area contributed by atoms with Crippen LogP contribution in [0.4, 0.5) is 5.69 Å². The van der Waals surface area contributed by atoms with Crippen LogP contribution in [0.25, 0.3) is 6.08 Å². The van der Waals surface area contributed by atoms with Gasteiger partial charge in [-0.3, -0.25) is 4.79 Å². The van der Waals surface area contributed by atoms with Gasteiger partial charge in [-0.15, -0.1) is 0 Å². The Bertz CT molecular complexity index is 1410. The molecule has 0 heterocycles. The summed E-state index contributed by atoms with van der Waals surface area (Å²) in [5.41, 5.74) is 0.0644. The number of halogens is 1.